The third-order valence-electron chi connectivity index (χ3n) is 8.14. The molecule has 3 N–H and O–H groups in total. The van der Waals surface area contributed by atoms with E-state index in [4.69, 9.17) is 40.0 Å². The zero-order chi connectivity index (χ0) is 40.2. The van der Waals surface area contributed by atoms with Crippen molar-refractivity contribution in [1.82, 2.24) is 0 Å². The molecule has 4 aromatic rings. The Morgan fingerprint density at radius 1 is 0.786 bits per heavy atom. The third kappa shape index (κ3) is 11.8. The molecule has 0 unspecified atom stereocenters. The molecule has 294 valence electrons. The number of hydrogen-bond donors (Lipinski definition) is 3. The molecule has 1 saturated heterocycles. The highest BCUT2D eigenvalue weighted by atomic mass is 35.5. The minimum absolute atomic E-state index is 0.0418. The van der Waals surface area contributed by atoms with Gasteiger partial charge in [0.1, 0.15) is 18.8 Å². The number of nitriles is 1. The van der Waals surface area contributed by atoms with Gasteiger partial charge in [0.15, 0.2) is 18.5 Å². The van der Waals surface area contributed by atoms with Gasteiger partial charge in [-0.15, -0.1) is 0 Å². The fourth-order valence-corrected chi connectivity index (χ4v) is 5.56. The maximum Gasteiger partial charge on any atom is 0.416 e. The number of nitrogens with zero attached hydrogens (tertiary/aromatic N) is 1. The molecule has 0 radical (unpaired) electrons. The van der Waals surface area contributed by atoms with E-state index < -0.39 is 67.3 Å². The SMILES string of the molecule is CCO[C@H]1O[C@H](COC(=O)Nc2ccc(Cl)cc2)[C@@H](OC(=O)Nc2cccc(C#N)c2)[C@H](OC(=O)Nc2ccc(C(F)(F)F)cc2)[C@H]1OCc1ccc(C)cc1. The number of ether oxygens (including phenoxy) is 6. The molecule has 0 bridgehead atoms. The summed E-state index contributed by atoms with van der Waals surface area (Å²) >= 11 is 5.94. The van der Waals surface area contributed by atoms with Crippen molar-refractivity contribution in [2.24, 2.45) is 0 Å². The first kappa shape index (κ1) is 41.3. The monoisotopic (exact) mass is 796 g/mol. The fourth-order valence-electron chi connectivity index (χ4n) is 5.44. The average molecular weight is 797 g/mol. The zero-order valence-corrected chi connectivity index (χ0v) is 30.6. The number of carbonyl (C=O) groups excluding carboxylic acids is 3. The Morgan fingerprint density at radius 3 is 2.02 bits per heavy atom. The molecule has 5 rings (SSSR count). The number of rotatable bonds is 12. The van der Waals surface area contributed by atoms with Crippen LogP contribution in [0.1, 0.15) is 29.2 Å². The van der Waals surface area contributed by atoms with E-state index in [1.807, 2.05) is 37.3 Å². The van der Waals surface area contributed by atoms with Gasteiger partial charge in [-0.1, -0.05) is 47.5 Å². The van der Waals surface area contributed by atoms with Crippen LogP contribution in [0.25, 0.3) is 0 Å². The van der Waals surface area contributed by atoms with E-state index in [0.717, 1.165) is 35.4 Å². The quantitative estimate of drug-likeness (QED) is 0.118. The highest BCUT2D eigenvalue weighted by Crippen LogP contribution is 2.32. The maximum absolute atomic E-state index is 13.5. The van der Waals surface area contributed by atoms with Gasteiger partial charge in [-0.3, -0.25) is 16.0 Å². The number of hydrogen-bond acceptors (Lipinski definition) is 10. The molecule has 17 heteroatoms. The number of aryl methyl sites for hydroxylation is 1. The standard InChI is InChI=1S/C39H36ClF3N4O9/c1-3-51-35-34(52-21-24-9-7-23(2)8-10-24)33(56-37(49)46-28-15-11-26(12-16-28)39(41,42)43)32(55-38(50)47-30-6-4-5-25(19-30)20-44)31(54-35)22-53-36(48)45-29-17-13-27(40)14-18-29/h4-19,31-35H,3,21-22H2,1-2H3,(H,45,48)(H,46,49)(H,47,50)/t31-,32-,33+,34-,35+/m1/s1. The number of nitrogens with one attached hydrogen (secondary N) is 3. The minimum Gasteiger partial charge on any atom is -0.446 e. The van der Waals surface area contributed by atoms with Gasteiger partial charge in [-0.05, 0) is 86.1 Å². The lowest BCUT2D eigenvalue weighted by molar-refractivity contribution is -0.308. The number of benzene rings is 4. The molecule has 5 atom stereocenters. The molecule has 56 heavy (non-hydrogen) atoms. The molecule has 0 aliphatic carbocycles. The van der Waals surface area contributed by atoms with Crippen LogP contribution < -0.4 is 16.0 Å². The summed E-state index contributed by atoms with van der Waals surface area (Å²) < 4.78 is 75.1. The number of amides is 3. The van der Waals surface area contributed by atoms with Gasteiger partial charge in [-0.2, -0.15) is 18.4 Å². The molecule has 0 spiro atoms. The second-order valence-electron chi connectivity index (χ2n) is 12.2. The summed E-state index contributed by atoms with van der Waals surface area (Å²) in [6.07, 6.45) is -14.8. The van der Waals surface area contributed by atoms with Crippen LogP contribution in [0, 0.1) is 18.3 Å². The minimum atomic E-state index is -4.61. The summed E-state index contributed by atoms with van der Waals surface area (Å²) in [4.78, 5) is 39.8. The third-order valence-corrected chi connectivity index (χ3v) is 8.39. The Balaban J connectivity index is 1.46. The van der Waals surface area contributed by atoms with Crippen molar-refractivity contribution < 1.29 is 56.0 Å². The molecule has 1 aliphatic rings. The predicted octanol–water partition coefficient (Wildman–Crippen LogP) is 8.67. The van der Waals surface area contributed by atoms with Gasteiger partial charge >= 0.3 is 24.5 Å². The van der Waals surface area contributed by atoms with Crippen molar-refractivity contribution in [2.45, 2.75) is 57.3 Å². The molecule has 0 aromatic heterocycles. The number of halogens is 4. The first-order chi connectivity index (χ1) is 26.8. The van der Waals surface area contributed by atoms with Crippen molar-refractivity contribution in [3.05, 3.63) is 124 Å². The van der Waals surface area contributed by atoms with Crippen LogP contribution in [-0.4, -0.2) is 62.2 Å². The molecule has 1 fully saturated rings. The lowest BCUT2D eigenvalue weighted by Crippen LogP contribution is -2.63. The Hall–Kier alpha value is -5.86. The average Bonchev–Trinajstić information content (AvgIpc) is 3.16. The molecule has 4 aromatic carbocycles. The molecule has 1 heterocycles. The summed E-state index contributed by atoms with van der Waals surface area (Å²) in [5.74, 6) is 0. The van der Waals surface area contributed by atoms with Crippen molar-refractivity contribution in [3.8, 4) is 6.07 Å². The first-order valence-corrected chi connectivity index (χ1v) is 17.5. The zero-order valence-electron chi connectivity index (χ0n) is 29.9. The van der Waals surface area contributed by atoms with E-state index >= 15 is 0 Å². The van der Waals surface area contributed by atoms with E-state index in [9.17, 15) is 32.8 Å². The van der Waals surface area contributed by atoms with E-state index in [-0.39, 0.29) is 30.2 Å². The van der Waals surface area contributed by atoms with Crippen molar-refractivity contribution >= 4 is 46.9 Å². The van der Waals surface area contributed by atoms with E-state index in [1.165, 1.54) is 24.3 Å². The lowest BCUT2D eigenvalue weighted by atomic mass is 9.98. The van der Waals surface area contributed by atoms with Gasteiger partial charge in [0.05, 0.1) is 23.8 Å². The van der Waals surface area contributed by atoms with Crippen LogP contribution >= 0.6 is 11.6 Å². The summed E-state index contributed by atoms with van der Waals surface area (Å²) in [6.45, 7) is 3.03. The Labute approximate surface area is 324 Å². The molecular weight excluding hydrogens is 761 g/mol. The van der Waals surface area contributed by atoms with Crippen LogP contribution in [0.3, 0.4) is 0 Å². The Bertz CT molecular complexity index is 2000. The Morgan fingerprint density at radius 2 is 1.39 bits per heavy atom. The van der Waals surface area contributed by atoms with Crippen LogP contribution in [0.15, 0.2) is 97.1 Å². The summed E-state index contributed by atoms with van der Waals surface area (Å²) in [7, 11) is 0. The van der Waals surface area contributed by atoms with Gasteiger partial charge in [-0.25, -0.2) is 14.4 Å². The molecule has 0 saturated carbocycles. The maximum atomic E-state index is 13.5. The summed E-state index contributed by atoms with van der Waals surface area (Å²) in [6, 6.07) is 25.1. The van der Waals surface area contributed by atoms with Gasteiger partial charge < -0.3 is 28.4 Å². The van der Waals surface area contributed by atoms with Gasteiger partial charge in [0, 0.05) is 28.7 Å². The summed E-state index contributed by atoms with van der Waals surface area (Å²) in [5, 5.41) is 17.2. The number of anilines is 3. The smallest absolute Gasteiger partial charge is 0.416 e. The van der Waals surface area contributed by atoms with Crippen LogP contribution in [0.2, 0.25) is 5.02 Å². The van der Waals surface area contributed by atoms with E-state index in [0.29, 0.717) is 10.7 Å². The largest absolute Gasteiger partial charge is 0.446 e. The highest BCUT2D eigenvalue weighted by molar-refractivity contribution is 6.30. The molecular formula is C39H36ClF3N4O9. The number of carbonyl (C=O) groups is 3. The normalized spacial score (nSPS) is 19.2. The lowest BCUT2D eigenvalue weighted by Gasteiger charge is -2.44. The van der Waals surface area contributed by atoms with E-state index in [1.54, 1.807) is 31.2 Å². The number of alkyl halides is 3. The molecule has 3 amide bonds. The topological polar surface area (TPSA) is 166 Å². The molecule has 13 nitrogen and oxygen atoms in total. The summed E-state index contributed by atoms with van der Waals surface area (Å²) in [5.41, 5.74) is 1.52. The fraction of sp³-hybridized carbons (Fsp3) is 0.282. The first-order valence-electron chi connectivity index (χ1n) is 17.1. The second-order valence-corrected chi connectivity index (χ2v) is 12.7. The van der Waals surface area contributed by atoms with Crippen molar-refractivity contribution in [3.63, 3.8) is 0 Å². The van der Waals surface area contributed by atoms with Gasteiger partial charge in [0.25, 0.3) is 0 Å². The Kier molecular flexibility index (Phi) is 14.1. The van der Waals surface area contributed by atoms with E-state index in [2.05, 4.69) is 16.0 Å². The van der Waals surface area contributed by atoms with Crippen LogP contribution in [0.4, 0.5) is 44.6 Å². The highest BCUT2D eigenvalue weighted by Gasteiger charge is 2.52. The van der Waals surface area contributed by atoms with Crippen molar-refractivity contribution in [1.29, 1.82) is 5.26 Å². The predicted molar refractivity (Wildman–Crippen MR) is 197 cm³/mol. The van der Waals surface area contributed by atoms with Crippen LogP contribution in [0.5, 0.6) is 0 Å². The second kappa shape index (κ2) is 19.1. The van der Waals surface area contributed by atoms with Crippen molar-refractivity contribution in [2.75, 3.05) is 29.2 Å². The van der Waals surface area contributed by atoms with Crippen LogP contribution in [-0.2, 0) is 41.2 Å². The van der Waals surface area contributed by atoms with Gasteiger partial charge in [0.2, 0.25) is 0 Å². The molecule has 1 aliphatic heterocycles.